The number of rotatable bonds is 8. The molecule has 0 saturated carbocycles. The third-order valence-electron chi connectivity index (χ3n) is 5.81. The summed E-state index contributed by atoms with van der Waals surface area (Å²) < 4.78 is 16.6. The van der Waals surface area contributed by atoms with Gasteiger partial charge in [0.15, 0.2) is 6.10 Å². The van der Waals surface area contributed by atoms with Gasteiger partial charge in [-0.15, -0.1) is 0 Å². The number of carbonyl (C=O) groups excluding carboxylic acids is 1. The first-order valence-electron chi connectivity index (χ1n) is 11.1. The van der Waals surface area contributed by atoms with Crippen LogP contribution in [-0.2, 0) is 24.2 Å². The average molecular weight is 436 g/mol. The summed E-state index contributed by atoms with van der Waals surface area (Å²) in [4.78, 5) is 19.0. The Morgan fingerprint density at radius 3 is 2.53 bits per heavy atom. The van der Waals surface area contributed by atoms with E-state index >= 15 is 0 Å². The van der Waals surface area contributed by atoms with Crippen molar-refractivity contribution in [2.24, 2.45) is 0 Å². The molecule has 0 unspecified atom stereocenters. The zero-order chi connectivity index (χ0) is 22.5. The lowest BCUT2D eigenvalue weighted by Crippen LogP contribution is -2.39. The van der Waals surface area contributed by atoms with E-state index in [1.807, 2.05) is 37.3 Å². The predicted octanol–water partition coefficient (Wildman–Crippen LogP) is 4.44. The molecule has 7 heteroatoms. The van der Waals surface area contributed by atoms with Crippen molar-refractivity contribution in [2.75, 3.05) is 14.2 Å². The summed E-state index contributed by atoms with van der Waals surface area (Å²) in [6.07, 6.45) is 4.65. The Balaban J connectivity index is 1.39. The van der Waals surface area contributed by atoms with Crippen LogP contribution < -0.4 is 9.47 Å². The molecule has 0 bridgehead atoms. The van der Waals surface area contributed by atoms with E-state index < -0.39 is 6.10 Å². The first kappa shape index (κ1) is 21.9. The van der Waals surface area contributed by atoms with Crippen molar-refractivity contribution in [3.05, 3.63) is 59.5 Å². The number of nitrogens with zero attached hydrogens (tertiary/aromatic N) is 3. The van der Waals surface area contributed by atoms with Crippen LogP contribution in [0.25, 0.3) is 11.4 Å². The fraction of sp³-hybridized carbons (Fsp3) is 0.400. The first-order valence-corrected chi connectivity index (χ1v) is 11.1. The van der Waals surface area contributed by atoms with Crippen LogP contribution in [0.1, 0.15) is 43.2 Å². The maximum absolute atomic E-state index is 13.0. The van der Waals surface area contributed by atoms with E-state index in [2.05, 4.69) is 22.3 Å². The van der Waals surface area contributed by atoms with Crippen LogP contribution >= 0.6 is 0 Å². The Bertz CT molecular complexity index is 1060. The minimum absolute atomic E-state index is 0.116. The lowest BCUT2D eigenvalue weighted by molar-refractivity contribution is -0.138. The Labute approximate surface area is 188 Å². The van der Waals surface area contributed by atoms with Crippen molar-refractivity contribution in [1.82, 2.24) is 15.0 Å². The summed E-state index contributed by atoms with van der Waals surface area (Å²) in [5.74, 6) is 2.23. The lowest BCUT2D eigenvalue weighted by Gasteiger charge is -2.24. The number of amides is 1. The highest BCUT2D eigenvalue weighted by Crippen LogP contribution is 2.26. The van der Waals surface area contributed by atoms with Crippen LogP contribution in [0, 0.1) is 0 Å². The van der Waals surface area contributed by atoms with E-state index in [9.17, 15) is 4.79 Å². The van der Waals surface area contributed by atoms with Crippen molar-refractivity contribution < 1.29 is 18.8 Å². The molecule has 0 fully saturated rings. The van der Waals surface area contributed by atoms with Gasteiger partial charge in [0, 0.05) is 12.6 Å². The molecule has 1 atom stereocenters. The van der Waals surface area contributed by atoms with Crippen LogP contribution in [-0.4, -0.2) is 41.2 Å². The molecule has 4 rings (SSSR count). The molecule has 0 N–H and O–H groups in total. The highest BCUT2D eigenvalue weighted by molar-refractivity contribution is 5.81. The number of methoxy groups -OCH3 is 1. The van der Waals surface area contributed by atoms with Gasteiger partial charge in [-0.3, -0.25) is 4.79 Å². The summed E-state index contributed by atoms with van der Waals surface area (Å²) in [5.41, 5.74) is 3.54. The zero-order valence-corrected chi connectivity index (χ0v) is 18.8. The van der Waals surface area contributed by atoms with Crippen LogP contribution in [0.15, 0.2) is 47.0 Å². The molecule has 2 aromatic carbocycles. The largest absolute Gasteiger partial charge is 0.497 e. The van der Waals surface area contributed by atoms with Crippen molar-refractivity contribution in [3.63, 3.8) is 0 Å². The van der Waals surface area contributed by atoms with Gasteiger partial charge in [0.25, 0.3) is 5.91 Å². The van der Waals surface area contributed by atoms with E-state index in [1.165, 1.54) is 24.0 Å². The lowest BCUT2D eigenvalue weighted by atomic mass is 9.92. The third-order valence-corrected chi connectivity index (χ3v) is 5.81. The molecule has 1 aromatic heterocycles. The number of hydrogen-bond acceptors (Lipinski definition) is 6. The second-order valence-corrected chi connectivity index (χ2v) is 8.09. The molecule has 0 radical (unpaired) electrons. The summed E-state index contributed by atoms with van der Waals surface area (Å²) >= 11 is 0. The van der Waals surface area contributed by atoms with Crippen LogP contribution in [0.2, 0.25) is 0 Å². The molecule has 0 spiro atoms. The van der Waals surface area contributed by atoms with Gasteiger partial charge in [0.1, 0.15) is 11.5 Å². The molecule has 1 heterocycles. The van der Waals surface area contributed by atoms with E-state index in [-0.39, 0.29) is 12.5 Å². The topological polar surface area (TPSA) is 77.7 Å². The molecule has 0 aliphatic heterocycles. The molecule has 1 aliphatic rings. The van der Waals surface area contributed by atoms with E-state index in [0.717, 1.165) is 29.9 Å². The SMILES string of the molecule is CC[C@@H](Oc1ccc2c(c1)CCCC2)C(=O)N(C)Cc1nc(-c2ccc(OC)cc2)no1. The standard InChI is InChI=1S/C25H29N3O4/c1-4-22(31-21-14-9-17-7-5-6-8-19(17)15-21)25(29)28(2)16-23-26-24(27-32-23)18-10-12-20(30-3)13-11-18/h9-15,22H,4-8,16H2,1-3H3/t22-/m1/s1. The molecule has 1 aliphatic carbocycles. The maximum atomic E-state index is 13.0. The summed E-state index contributed by atoms with van der Waals surface area (Å²) in [5, 5.41) is 4.03. The first-order chi connectivity index (χ1) is 15.6. The van der Waals surface area contributed by atoms with Crippen LogP contribution in [0.5, 0.6) is 11.5 Å². The number of fused-ring (bicyclic) bond motifs is 1. The van der Waals surface area contributed by atoms with E-state index in [0.29, 0.717) is 18.1 Å². The molecule has 0 saturated heterocycles. The Morgan fingerprint density at radius 2 is 1.81 bits per heavy atom. The second-order valence-electron chi connectivity index (χ2n) is 8.09. The Morgan fingerprint density at radius 1 is 1.09 bits per heavy atom. The second kappa shape index (κ2) is 9.85. The van der Waals surface area contributed by atoms with Crippen LogP contribution in [0.3, 0.4) is 0 Å². The zero-order valence-electron chi connectivity index (χ0n) is 18.8. The Kier molecular flexibility index (Phi) is 6.73. The monoisotopic (exact) mass is 435 g/mol. The van der Waals surface area contributed by atoms with Gasteiger partial charge >= 0.3 is 0 Å². The van der Waals surface area contributed by atoms with Gasteiger partial charge in [0.05, 0.1) is 13.7 Å². The average Bonchev–Trinajstić information content (AvgIpc) is 3.30. The number of ether oxygens (including phenoxy) is 2. The number of aromatic nitrogens is 2. The minimum atomic E-state index is -0.564. The van der Waals surface area contributed by atoms with Gasteiger partial charge in [-0.25, -0.2) is 0 Å². The molecule has 3 aromatic rings. The highest BCUT2D eigenvalue weighted by Gasteiger charge is 2.24. The van der Waals surface area contributed by atoms with E-state index in [1.54, 1.807) is 19.1 Å². The van der Waals surface area contributed by atoms with E-state index in [4.69, 9.17) is 14.0 Å². The van der Waals surface area contributed by atoms with Crippen molar-refractivity contribution in [1.29, 1.82) is 0 Å². The number of likely N-dealkylation sites (N-methyl/N-ethyl adjacent to an activating group) is 1. The number of benzene rings is 2. The number of carbonyl (C=O) groups is 1. The van der Waals surface area contributed by atoms with Crippen LogP contribution in [0.4, 0.5) is 0 Å². The molecular weight excluding hydrogens is 406 g/mol. The van der Waals surface area contributed by atoms with Gasteiger partial charge < -0.3 is 18.9 Å². The third kappa shape index (κ3) is 4.93. The molecule has 168 valence electrons. The normalized spacial score (nSPS) is 13.8. The maximum Gasteiger partial charge on any atom is 0.263 e. The smallest absolute Gasteiger partial charge is 0.263 e. The van der Waals surface area contributed by atoms with Crippen molar-refractivity contribution in [2.45, 2.75) is 51.7 Å². The van der Waals surface area contributed by atoms with Gasteiger partial charge in [-0.2, -0.15) is 4.98 Å². The van der Waals surface area contributed by atoms with Gasteiger partial charge in [0.2, 0.25) is 11.7 Å². The summed E-state index contributed by atoms with van der Waals surface area (Å²) in [6.45, 7) is 2.16. The fourth-order valence-electron chi connectivity index (χ4n) is 3.96. The molecular formula is C25H29N3O4. The predicted molar refractivity (Wildman–Crippen MR) is 121 cm³/mol. The van der Waals surface area contributed by atoms with Gasteiger partial charge in [-0.05, 0) is 79.6 Å². The van der Waals surface area contributed by atoms with Gasteiger partial charge in [-0.1, -0.05) is 18.1 Å². The fourth-order valence-corrected chi connectivity index (χ4v) is 3.96. The Hall–Kier alpha value is -3.35. The molecule has 1 amide bonds. The molecule has 7 nitrogen and oxygen atoms in total. The minimum Gasteiger partial charge on any atom is -0.497 e. The van der Waals surface area contributed by atoms with Crippen molar-refractivity contribution in [3.8, 4) is 22.9 Å². The molecule has 32 heavy (non-hydrogen) atoms. The quantitative estimate of drug-likeness (QED) is 0.521. The summed E-state index contributed by atoms with van der Waals surface area (Å²) in [6, 6.07) is 13.6. The number of aryl methyl sites for hydroxylation is 2. The van der Waals surface area contributed by atoms with Crippen molar-refractivity contribution >= 4 is 5.91 Å². The number of hydrogen-bond donors (Lipinski definition) is 0. The summed E-state index contributed by atoms with van der Waals surface area (Å²) in [7, 11) is 3.34. The highest BCUT2D eigenvalue weighted by atomic mass is 16.5.